The van der Waals surface area contributed by atoms with Gasteiger partial charge < -0.3 is 4.74 Å². The normalized spacial score (nSPS) is 21.4. The quantitative estimate of drug-likeness (QED) is 0.245. The molecule has 9 nitrogen and oxygen atoms in total. The number of methoxy groups -OCH3 is 1. The molecule has 178 valence electrons. The van der Waals surface area contributed by atoms with Crippen LogP contribution < -0.4 is 14.7 Å². The molecule has 2 amide bonds. The van der Waals surface area contributed by atoms with Gasteiger partial charge in [0.05, 0.1) is 29.4 Å². The number of fused-ring (bicyclic) bond motifs is 1. The largest absolute Gasteiger partial charge is 0.496 e. The molecule has 2 aliphatic heterocycles. The van der Waals surface area contributed by atoms with Gasteiger partial charge in [-0.05, 0) is 48.5 Å². The fourth-order valence-corrected chi connectivity index (χ4v) is 4.98. The second-order valence-electron chi connectivity index (χ2n) is 7.97. The number of hydrogen-bond acceptors (Lipinski definition) is 7. The first-order chi connectivity index (χ1) is 16.8. The summed E-state index contributed by atoms with van der Waals surface area (Å²) < 4.78 is 6.28. The molecule has 3 aromatic carbocycles. The molecule has 2 saturated heterocycles. The lowest BCUT2D eigenvalue weighted by Crippen LogP contribution is -2.37. The Bertz CT molecular complexity index is 1350. The van der Waals surface area contributed by atoms with Crippen molar-refractivity contribution in [2.75, 3.05) is 17.1 Å². The lowest BCUT2D eigenvalue weighted by atomic mass is 9.90. The highest BCUT2D eigenvalue weighted by Crippen LogP contribution is 2.50. The minimum Gasteiger partial charge on any atom is -0.496 e. The van der Waals surface area contributed by atoms with Gasteiger partial charge in [-0.1, -0.05) is 33.6 Å². The topological polar surface area (TPSA) is 102 Å². The van der Waals surface area contributed by atoms with Crippen molar-refractivity contribution in [2.24, 2.45) is 5.92 Å². The van der Waals surface area contributed by atoms with Gasteiger partial charge in [0.2, 0.25) is 5.91 Å². The molecule has 2 heterocycles. The minimum absolute atomic E-state index is 0.149. The van der Waals surface area contributed by atoms with E-state index >= 15 is 0 Å². The molecule has 0 spiro atoms. The van der Waals surface area contributed by atoms with Gasteiger partial charge >= 0.3 is 0 Å². The predicted molar refractivity (Wildman–Crippen MR) is 131 cm³/mol. The third-order valence-corrected chi connectivity index (χ3v) is 6.75. The Morgan fingerprint density at radius 1 is 1.03 bits per heavy atom. The van der Waals surface area contributed by atoms with E-state index in [-0.39, 0.29) is 5.69 Å². The number of nitrogens with zero attached hydrogens (tertiary/aromatic N) is 3. The van der Waals surface area contributed by atoms with E-state index in [9.17, 15) is 19.7 Å². The highest BCUT2D eigenvalue weighted by atomic mass is 79.9. The third-order valence-electron chi connectivity index (χ3n) is 6.01. The number of imide groups is 1. The number of benzene rings is 3. The SMILES string of the molecule is COc1ccc(Br)cc1[C@@H]1[C@H]2C(=O)N(c3ccc(Cl)cc3)C(=O)[C@H]2ON1c1cccc([N+](=O)[O-])c1. The molecule has 3 atom stereocenters. The predicted octanol–water partition coefficient (Wildman–Crippen LogP) is 5.07. The number of non-ortho nitro benzene ring substituents is 1. The van der Waals surface area contributed by atoms with Crippen LogP contribution in [0.4, 0.5) is 17.1 Å². The van der Waals surface area contributed by atoms with E-state index in [0.717, 1.165) is 9.37 Å². The van der Waals surface area contributed by atoms with Crippen LogP contribution in [0.2, 0.25) is 5.02 Å². The highest BCUT2D eigenvalue weighted by molar-refractivity contribution is 9.10. The summed E-state index contributed by atoms with van der Waals surface area (Å²) >= 11 is 9.43. The van der Waals surface area contributed by atoms with Crippen LogP contribution in [0.15, 0.2) is 71.2 Å². The fourth-order valence-electron chi connectivity index (χ4n) is 4.48. The minimum atomic E-state index is -1.13. The molecule has 0 unspecified atom stereocenters. The average Bonchev–Trinajstić information content (AvgIpc) is 3.36. The van der Waals surface area contributed by atoms with E-state index < -0.39 is 34.8 Å². The molecular formula is C24H17BrClN3O6. The Labute approximate surface area is 213 Å². The smallest absolute Gasteiger partial charge is 0.271 e. The zero-order valence-corrected chi connectivity index (χ0v) is 20.5. The van der Waals surface area contributed by atoms with Gasteiger partial charge in [-0.2, -0.15) is 0 Å². The van der Waals surface area contributed by atoms with Crippen LogP contribution in [-0.4, -0.2) is 30.0 Å². The second kappa shape index (κ2) is 8.95. The lowest BCUT2D eigenvalue weighted by Gasteiger charge is -2.29. The Hall–Kier alpha value is -3.47. The molecule has 0 aromatic heterocycles. The monoisotopic (exact) mass is 557 g/mol. The zero-order valence-electron chi connectivity index (χ0n) is 18.1. The molecule has 0 N–H and O–H groups in total. The number of carbonyl (C=O) groups is 2. The van der Waals surface area contributed by atoms with Gasteiger partial charge in [-0.25, -0.2) is 9.96 Å². The first kappa shape index (κ1) is 23.3. The molecule has 0 bridgehead atoms. The van der Waals surface area contributed by atoms with Crippen molar-refractivity contribution in [3.05, 3.63) is 91.9 Å². The highest BCUT2D eigenvalue weighted by Gasteiger charge is 2.60. The Kier molecular flexibility index (Phi) is 5.96. The van der Waals surface area contributed by atoms with Gasteiger partial charge in [0.25, 0.3) is 11.6 Å². The van der Waals surface area contributed by atoms with Crippen LogP contribution in [0.3, 0.4) is 0 Å². The molecule has 2 fully saturated rings. The first-order valence-corrected chi connectivity index (χ1v) is 11.6. The number of carbonyl (C=O) groups excluding carboxylic acids is 2. The molecule has 0 aliphatic carbocycles. The standard InChI is InChI=1S/C24H17BrClN3O6/c1-34-19-10-5-13(25)11-18(19)21-20-22(35-28(21)16-3-2-4-17(12-16)29(32)33)24(31)27(23(20)30)15-8-6-14(26)7-9-15/h2-12,20-22H,1H3/t20-,21-,22+/m1/s1. The van der Waals surface area contributed by atoms with E-state index in [1.807, 2.05) is 0 Å². The van der Waals surface area contributed by atoms with Crippen molar-refractivity contribution >= 4 is 56.4 Å². The number of nitro benzene ring substituents is 1. The van der Waals surface area contributed by atoms with Crippen LogP contribution in [0.5, 0.6) is 5.75 Å². The summed E-state index contributed by atoms with van der Waals surface area (Å²) in [5.41, 5.74) is 1.15. The first-order valence-electron chi connectivity index (χ1n) is 10.5. The molecule has 35 heavy (non-hydrogen) atoms. The molecule has 5 rings (SSSR count). The maximum atomic E-state index is 13.7. The van der Waals surface area contributed by atoms with Crippen LogP contribution >= 0.6 is 27.5 Å². The Balaban J connectivity index is 1.64. The maximum absolute atomic E-state index is 13.7. The van der Waals surface area contributed by atoms with Crippen molar-refractivity contribution in [3.63, 3.8) is 0 Å². The summed E-state index contributed by atoms with van der Waals surface area (Å²) in [7, 11) is 1.50. The second-order valence-corrected chi connectivity index (χ2v) is 9.33. The van der Waals surface area contributed by atoms with Gasteiger partial charge in [0, 0.05) is 27.2 Å². The van der Waals surface area contributed by atoms with Gasteiger partial charge in [0.15, 0.2) is 6.10 Å². The van der Waals surface area contributed by atoms with Crippen molar-refractivity contribution in [3.8, 4) is 5.75 Å². The van der Waals surface area contributed by atoms with Gasteiger partial charge in [-0.3, -0.25) is 24.5 Å². The molecule has 11 heteroatoms. The zero-order chi connectivity index (χ0) is 24.9. The van der Waals surface area contributed by atoms with Crippen molar-refractivity contribution in [2.45, 2.75) is 12.1 Å². The van der Waals surface area contributed by atoms with Crippen LogP contribution in [-0.2, 0) is 14.4 Å². The molecule has 3 aromatic rings. The molecule has 0 radical (unpaired) electrons. The summed E-state index contributed by atoms with van der Waals surface area (Å²) in [5, 5.41) is 13.2. The summed E-state index contributed by atoms with van der Waals surface area (Å²) in [4.78, 5) is 45.1. The van der Waals surface area contributed by atoms with Crippen molar-refractivity contribution < 1.29 is 24.1 Å². The van der Waals surface area contributed by atoms with Crippen molar-refractivity contribution in [1.29, 1.82) is 0 Å². The van der Waals surface area contributed by atoms with E-state index in [0.29, 0.717) is 27.7 Å². The Morgan fingerprint density at radius 3 is 2.46 bits per heavy atom. The van der Waals surface area contributed by atoms with E-state index in [1.165, 1.54) is 30.4 Å². The fraction of sp³-hybridized carbons (Fsp3) is 0.167. The number of rotatable bonds is 5. The number of hydroxylamine groups is 1. The molecule has 2 aliphatic rings. The van der Waals surface area contributed by atoms with Crippen LogP contribution in [0.1, 0.15) is 11.6 Å². The molecular weight excluding hydrogens is 542 g/mol. The average molecular weight is 559 g/mol. The summed E-state index contributed by atoms with van der Waals surface area (Å²) in [6.07, 6.45) is -1.13. The number of anilines is 2. The lowest BCUT2D eigenvalue weighted by molar-refractivity contribution is -0.384. The number of halogens is 2. The van der Waals surface area contributed by atoms with Crippen LogP contribution in [0.25, 0.3) is 0 Å². The van der Waals surface area contributed by atoms with E-state index in [2.05, 4.69) is 15.9 Å². The molecule has 0 saturated carbocycles. The summed E-state index contributed by atoms with van der Waals surface area (Å²) in [6, 6.07) is 16.7. The third kappa shape index (κ3) is 3.93. The number of ether oxygens (including phenoxy) is 1. The number of hydrogen-bond donors (Lipinski definition) is 0. The van der Waals surface area contributed by atoms with E-state index in [4.69, 9.17) is 21.2 Å². The van der Waals surface area contributed by atoms with E-state index in [1.54, 1.807) is 48.5 Å². The number of nitro groups is 1. The van der Waals surface area contributed by atoms with Crippen molar-refractivity contribution in [1.82, 2.24) is 0 Å². The summed E-state index contributed by atoms with van der Waals surface area (Å²) in [6.45, 7) is 0. The van der Waals surface area contributed by atoms with Gasteiger partial charge in [0.1, 0.15) is 11.7 Å². The van der Waals surface area contributed by atoms with Crippen LogP contribution in [0, 0.1) is 16.0 Å². The number of amides is 2. The summed E-state index contributed by atoms with van der Waals surface area (Å²) in [5.74, 6) is -1.44. The Morgan fingerprint density at radius 2 is 1.77 bits per heavy atom. The van der Waals surface area contributed by atoms with Gasteiger partial charge in [-0.15, -0.1) is 0 Å². The maximum Gasteiger partial charge on any atom is 0.271 e.